The Morgan fingerprint density at radius 2 is 1.95 bits per heavy atom. The Labute approximate surface area is 115 Å². The van der Waals surface area contributed by atoms with Crippen LogP contribution >= 0.6 is 11.6 Å². The first kappa shape index (κ1) is 13.4. The first-order valence-electron chi connectivity index (χ1n) is 5.52. The predicted octanol–water partition coefficient (Wildman–Crippen LogP) is 4.41. The molecule has 0 N–H and O–H groups in total. The van der Waals surface area contributed by atoms with Gasteiger partial charge in [0.25, 0.3) is 0 Å². The number of halogens is 2. The van der Waals surface area contributed by atoms with Gasteiger partial charge in [0.1, 0.15) is 5.75 Å². The number of carbonyl (C=O) groups excluding carboxylic acids is 1. The van der Waals surface area contributed by atoms with Crippen LogP contribution in [-0.4, -0.2) is 12.5 Å². The minimum Gasteiger partial charge on any atom is -0.497 e. The molecular formula is C14H11ClFNO2. The van der Waals surface area contributed by atoms with Crippen molar-refractivity contribution >= 4 is 22.7 Å². The molecule has 0 radical (unpaired) electrons. The summed E-state index contributed by atoms with van der Waals surface area (Å²) in [4.78, 5) is 10.9. The van der Waals surface area contributed by atoms with E-state index in [9.17, 15) is 9.28 Å². The minimum absolute atomic E-state index is 0.0869. The van der Waals surface area contributed by atoms with Crippen LogP contribution in [-0.2, 0) is 0 Å². The van der Waals surface area contributed by atoms with Gasteiger partial charge in [0.15, 0.2) is 0 Å². The number of anilines is 1. The second kappa shape index (κ2) is 5.71. The highest BCUT2D eigenvalue weighted by molar-refractivity contribution is 6.65. The highest BCUT2D eigenvalue weighted by Crippen LogP contribution is 2.33. The van der Waals surface area contributed by atoms with E-state index in [0.29, 0.717) is 11.3 Å². The Balaban J connectivity index is 2.52. The van der Waals surface area contributed by atoms with E-state index in [-0.39, 0.29) is 10.8 Å². The molecule has 0 aliphatic carbocycles. The number of para-hydroxylation sites is 1. The molecule has 19 heavy (non-hydrogen) atoms. The van der Waals surface area contributed by atoms with Crippen LogP contribution in [0.1, 0.15) is 0 Å². The average molecular weight is 280 g/mol. The Bertz CT molecular complexity index is 604. The Kier molecular flexibility index (Phi) is 4.02. The molecule has 98 valence electrons. The van der Waals surface area contributed by atoms with E-state index in [1.807, 2.05) is 0 Å². The average Bonchev–Trinajstić information content (AvgIpc) is 2.46. The minimum atomic E-state index is -1.18. The normalized spacial score (nSPS) is 10.1. The van der Waals surface area contributed by atoms with Crippen molar-refractivity contribution in [3.63, 3.8) is 0 Å². The molecule has 5 heteroatoms. The number of benzene rings is 2. The van der Waals surface area contributed by atoms with E-state index >= 15 is 0 Å². The second-order valence-corrected chi connectivity index (χ2v) is 4.11. The molecule has 0 spiro atoms. The van der Waals surface area contributed by atoms with Gasteiger partial charge in [-0.2, -0.15) is 0 Å². The van der Waals surface area contributed by atoms with Gasteiger partial charge in [-0.3, -0.25) is 4.79 Å². The molecule has 0 saturated heterocycles. The lowest BCUT2D eigenvalue weighted by atomic mass is 10.0. The van der Waals surface area contributed by atoms with Crippen LogP contribution in [0.5, 0.6) is 5.75 Å². The molecule has 0 aliphatic heterocycles. The number of rotatable bonds is 3. The quantitative estimate of drug-likeness (QED) is 0.473. The summed E-state index contributed by atoms with van der Waals surface area (Å²) in [5, 5.41) is -1.27. The molecule has 0 heterocycles. The maximum Gasteiger partial charge on any atom is 0.349 e. The van der Waals surface area contributed by atoms with E-state index in [1.165, 1.54) is 6.07 Å². The molecule has 0 atom stereocenters. The first-order valence-corrected chi connectivity index (χ1v) is 5.90. The summed E-state index contributed by atoms with van der Waals surface area (Å²) in [7, 11) is 1.55. The number of amides is 1. The Morgan fingerprint density at radius 1 is 1.21 bits per heavy atom. The molecule has 0 fully saturated rings. The van der Waals surface area contributed by atoms with Crippen molar-refractivity contribution in [3.05, 3.63) is 48.5 Å². The Morgan fingerprint density at radius 3 is 2.63 bits per heavy atom. The first-order chi connectivity index (χ1) is 9.13. The van der Waals surface area contributed by atoms with Crippen LogP contribution in [0.15, 0.2) is 48.5 Å². The van der Waals surface area contributed by atoms with Gasteiger partial charge < -0.3 is 4.74 Å². The fraction of sp³-hybridized carbons (Fsp3) is 0.0714. The van der Waals surface area contributed by atoms with Gasteiger partial charge in [-0.1, -0.05) is 34.8 Å². The molecule has 1 amide bonds. The van der Waals surface area contributed by atoms with Crippen LogP contribution in [0.4, 0.5) is 15.0 Å². The summed E-state index contributed by atoms with van der Waals surface area (Å²) in [6, 6.07) is 13.7. The fourth-order valence-electron chi connectivity index (χ4n) is 1.77. The molecule has 3 nitrogen and oxygen atoms in total. The van der Waals surface area contributed by atoms with Crippen molar-refractivity contribution in [2.75, 3.05) is 12.2 Å². The summed E-state index contributed by atoms with van der Waals surface area (Å²) in [5.41, 5.74) is 1.38. The Hall–Kier alpha value is -2.07. The van der Waals surface area contributed by atoms with Crippen molar-refractivity contribution < 1.29 is 14.0 Å². The van der Waals surface area contributed by atoms with Gasteiger partial charge in [0.05, 0.1) is 12.8 Å². The topological polar surface area (TPSA) is 29.5 Å². The van der Waals surface area contributed by atoms with Crippen molar-refractivity contribution in [2.24, 2.45) is 0 Å². The van der Waals surface area contributed by atoms with Crippen molar-refractivity contribution in [1.82, 2.24) is 0 Å². The molecule has 2 aromatic rings. The zero-order chi connectivity index (χ0) is 13.8. The van der Waals surface area contributed by atoms with Gasteiger partial charge in [-0.15, -0.1) is 5.12 Å². The molecule has 0 unspecified atom stereocenters. The second-order valence-electron chi connectivity index (χ2n) is 3.78. The molecule has 0 bridgehead atoms. The smallest absolute Gasteiger partial charge is 0.349 e. The van der Waals surface area contributed by atoms with E-state index in [2.05, 4.69) is 0 Å². The van der Waals surface area contributed by atoms with Gasteiger partial charge in [0.2, 0.25) is 0 Å². The van der Waals surface area contributed by atoms with Gasteiger partial charge in [0, 0.05) is 5.56 Å². The van der Waals surface area contributed by atoms with E-state index < -0.39 is 5.37 Å². The fourth-order valence-corrected chi connectivity index (χ4v) is 1.87. The zero-order valence-corrected chi connectivity index (χ0v) is 10.9. The number of methoxy groups -OCH3 is 1. The van der Waals surface area contributed by atoms with Crippen LogP contribution in [0.2, 0.25) is 0 Å². The van der Waals surface area contributed by atoms with Gasteiger partial charge in [-0.25, -0.2) is 0 Å². The highest BCUT2D eigenvalue weighted by Gasteiger charge is 2.17. The standard InChI is InChI=1S/C14H11ClFNO2/c1-19-11-6-4-5-10(9-11)12-7-2-3-8-13(12)17(16)14(15)18/h2-9H,1H3. The molecule has 0 aromatic heterocycles. The van der Waals surface area contributed by atoms with E-state index in [1.54, 1.807) is 49.6 Å². The highest BCUT2D eigenvalue weighted by atomic mass is 35.5. The third-order valence-electron chi connectivity index (χ3n) is 2.65. The van der Waals surface area contributed by atoms with Crippen molar-refractivity contribution in [2.45, 2.75) is 0 Å². The van der Waals surface area contributed by atoms with Crippen LogP contribution in [0.25, 0.3) is 11.1 Å². The number of nitrogens with zero attached hydrogens (tertiary/aromatic N) is 1. The summed E-state index contributed by atoms with van der Waals surface area (Å²) < 4.78 is 18.8. The summed E-state index contributed by atoms with van der Waals surface area (Å²) in [6.07, 6.45) is 0. The number of ether oxygens (including phenoxy) is 1. The van der Waals surface area contributed by atoms with Crippen LogP contribution in [0, 0.1) is 0 Å². The zero-order valence-electron chi connectivity index (χ0n) is 10.1. The lowest BCUT2D eigenvalue weighted by Crippen LogP contribution is -2.14. The van der Waals surface area contributed by atoms with Crippen molar-refractivity contribution in [3.8, 4) is 16.9 Å². The number of hydrogen-bond donors (Lipinski definition) is 0. The van der Waals surface area contributed by atoms with Crippen molar-refractivity contribution in [1.29, 1.82) is 0 Å². The number of hydrogen-bond acceptors (Lipinski definition) is 2. The third kappa shape index (κ3) is 2.85. The third-order valence-corrected chi connectivity index (χ3v) is 2.80. The molecule has 2 aromatic carbocycles. The SMILES string of the molecule is COc1cccc(-c2ccccc2N(F)C(=O)Cl)c1. The predicted molar refractivity (Wildman–Crippen MR) is 73.3 cm³/mol. The lowest BCUT2D eigenvalue weighted by Gasteiger charge is -2.14. The maximum atomic E-state index is 13.7. The molecule has 0 saturated carbocycles. The van der Waals surface area contributed by atoms with E-state index in [4.69, 9.17) is 16.3 Å². The molecule has 0 aliphatic rings. The number of carbonyl (C=O) groups is 1. The van der Waals surface area contributed by atoms with E-state index in [0.717, 1.165) is 5.56 Å². The summed E-state index contributed by atoms with van der Waals surface area (Å²) in [6.45, 7) is 0. The molecular weight excluding hydrogens is 269 g/mol. The molecule has 2 rings (SSSR count). The van der Waals surface area contributed by atoms with Crippen LogP contribution < -0.4 is 9.86 Å². The monoisotopic (exact) mass is 279 g/mol. The van der Waals surface area contributed by atoms with Gasteiger partial charge >= 0.3 is 5.37 Å². The summed E-state index contributed by atoms with van der Waals surface area (Å²) >= 11 is 5.17. The maximum absolute atomic E-state index is 13.7. The lowest BCUT2D eigenvalue weighted by molar-refractivity contribution is 0.253. The largest absolute Gasteiger partial charge is 0.497 e. The van der Waals surface area contributed by atoms with Crippen LogP contribution in [0.3, 0.4) is 0 Å². The van der Waals surface area contributed by atoms with Gasteiger partial charge in [-0.05, 0) is 35.4 Å². The summed E-state index contributed by atoms with van der Waals surface area (Å²) in [5.74, 6) is 0.648.